The van der Waals surface area contributed by atoms with Crippen molar-refractivity contribution in [3.05, 3.63) is 0 Å². The second kappa shape index (κ2) is 7.21. The first-order chi connectivity index (χ1) is 7.41. The van der Waals surface area contributed by atoms with E-state index in [1.54, 1.807) is 21.2 Å². The normalized spacial score (nSPS) is 13.0. The Balaban J connectivity index is 4.92. The third-order valence-electron chi connectivity index (χ3n) is 2.62. The molecule has 0 saturated carbocycles. The van der Waals surface area contributed by atoms with Crippen molar-refractivity contribution in [1.82, 2.24) is 8.61 Å². The standard InChI is InChI=1S/C10H24N2O3S/c1-6-10(7-2)12(8-9-15-5)16(13,14)11(3)4/h10H,6-9H2,1-5H3. The monoisotopic (exact) mass is 252 g/mol. The molecule has 0 aromatic heterocycles. The molecule has 0 heterocycles. The van der Waals surface area contributed by atoms with Crippen LogP contribution in [0.5, 0.6) is 0 Å². The van der Waals surface area contributed by atoms with E-state index in [1.165, 1.54) is 8.61 Å². The van der Waals surface area contributed by atoms with Gasteiger partial charge in [0.2, 0.25) is 0 Å². The molecule has 0 rings (SSSR count). The second-order valence-corrected chi connectivity index (χ2v) is 5.96. The third kappa shape index (κ3) is 4.01. The molecule has 0 spiro atoms. The van der Waals surface area contributed by atoms with E-state index in [1.807, 2.05) is 13.8 Å². The van der Waals surface area contributed by atoms with Crippen LogP contribution in [0.4, 0.5) is 0 Å². The van der Waals surface area contributed by atoms with Gasteiger partial charge in [-0.2, -0.15) is 17.0 Å². The van der Waals surface area contributed by atoms with Gasteiger partial charge in [-0.3, -0.25) is 0 Å². The zero-order chi connectivity index (χ0) is 12.8. The molecule has 0 saturated heterocycles. The summed E-state index contributed by atoms with van der Waals surface area (Å²) in [6, 6.07) is 0.0440. The van der Waals surface area contributed by atoms with Gasteiger partial charge in [-0.05, 0) is 12.8 Å². The lowest BCUT2D eigenvalue weighted by atomic mass is 10.2. The fourth-order valence-corrected chi connectivity index (χ4v) is 2.97. The number of rotatable bonds is 8. The third-order valence-corrected chi connectivity index (χ3v) is 4.62. The highest BCUT2D eigenvalue weighted by atomic mass is 32.2. The van der Waals surface area contributed by atoms with E-state index in [0.717, 1.165) is 12.8 Å². The van der Waals surface area contributed by atoms with Crippen LogP contribution in [0.2, 0.25) is 0 Å². The molecule has 0 N–H and O–H groups in total. The number of hydrogen-bond acceptors (Lipinski definition) is 3. The molecular weight excluding hydrogens is 228 g/mol. The van der Waals surface area contributed by atoms with E-state index in [4.69, 9.17) is 4.74 Å². The van der Waals surface area contributed by atoms with Gasteiger partial charge in [-0.1, -0.05) is 13.8 Å². The van der Waals surface area contributed by atoms with E-state index in [-0.39, 0.29) is 6.04 Å². The molecule has 0 aromatic rings. The van der Waals surface area contributed by atoms with Crippen molar-refractivity contribution < 1.29 is 13.2 Å². The Morgan fingerprint density at radius 2 is 1.69 bits per heavy atom. The highest BCUT2D eigenvalue weighted by molar-refractivity contribution is 7.86. The van der Waals surface area contributed by atoms with Crippen molar-refractivity contribution in [2.45, 2.75) is 32.7 Å². The minimum Gasteiger partial charge on any atom is -0.383 e. The van der Waals surface area contributed by atoms with Gasteiger partial charge in [0, 0.05) is 33.8 Å². The first-order valence-electron chi connectivity index (χ1n) is 5.59. The minimum absolute atomic E-state index is 0.0440. The SMILES string of the molecule is CCC(CC)N(CCOC)S(=O)(=O)N(C)C. The summed E-state index contributed by atoms with van der Waals surface area (Å²) < 4.78 is 31.9. The Hall–Kier alpha value is -0.170. The molecule has 0 atom stereocenters. The zero-order valence-electron chi connectivity index (χ0n) is 10.9. The van der Waals surface area contributed by atoms with Crippen molar-refractivity contribution in [2.75, 3.05) is 34.4 Å². The van der Waals surface area contributed by atoms with Crippen LogP contribution < -0.4 is 0 Å². The Bertz CT molecular complexity index is 274. The van der Waals surface area contributed by atoms with E-state index in [9.17, 15) is 8.42 Å². The molecule has 0 aliphatic rings. The lowest BCUT2D eigenvalue weighted by Crippen LogP contribution is -2.47. The van der Waals surface area contributed by atoms with Gasteiger partial charge in [-0.15, -0.1) is 0 Å². The molecule has 0 aliphatic carbocycles. The van der Waals surface area contributed by atoms with Crippen LogP contribution in [0, 0.1) is 0 Å². The summed E-state index contributed by atoms with van der Waals surface area (Å²) in [6.07, 6.45) is 1.63. The van der Waals surface area contributed by atoms with Crippen LogP contribution in [-0.2, 0) is 14.9 Å². The molecule has 0 radical (unpaired) electrons. The molecule has 0 bridgehead atoms. The predicted molar refractivity (Wildman–Crippen MR) is 65.6 cm³/mol. The minimum atomic E-state index is -3.35. The summed E-state index contributed by atoms with van der Waals surface area (Å²) in [4.78, 5) is 0. The molecule has 0 amide bonds. The van der Waals surface area contributed by atoms with Gasteiger partial charge in [0.1, 0.15) is 0 Å². The average Bonchev–Trinajstić information content (AvgIpc) is 2.23. The first kappa shape index (κ1) is 15.8. The van der Waals surface area contributed by atoms with Crippen molar-refractivity contribution in [3.8, 4) is 0 Å². The largest absolute Gasteiger partial charge is 0.383 e. The molecule has 6 heteroatoms. The molecule has 0 aliphatic heterocycles. The topological polar surface area (TPSA) is 49.9 Å². The van der Waals surface area contributed by atoms with Crippen LogP contribution in [0.3, 0.4) is 0 Å². The molecule has 98 valence electrons. The molecule has 0 unspecified atom stereocenters. The summed E-state index contributed by atoms with van der Waals surface area (Å²) in [6.45, 7) is 4.82. The van der Waals surface area contributed by atoms with E-state index < -0.39 is 10.2 Å². The van der Waals surface area contributed by atoms with Crippen molar-refractivity contribution in [2.24, 2.45) is 0 Å². The maximum atomic E-state index is 12.1. The fraction of sp³-hybridized carbons (Fsp3) is 1.00. The maximum absolute atomic E-state index is 12.1. The number of nitrogens with zero attached hydrogens (tertiary/aromatic N) is 2. The van der Waals surface area contributed by atoms with Crippen LogP contribution in [0.25, 0.3) is 0 Å². The highest BCUT2D eigenvalue weighted by Crippen LogP contribution is 2.15. The average molecular weight is 252 g/mol. The van der Waals surface area contributed by atoms with Crippen LogP contribution in [-0.4, -0.2) is 57.4 Å². The number of hydrogen-bond donors (Lipinski definition) is 0. The lowest BCUT2D eigenvalue weighted by molar-refractivity contribution is 0.160. The number of methoxy groups -OCH3 is 1. The summed E-state index contributed by atoms with van der Waals surface area (Å²) in [5.74, 6) is 0. The van der Waals surface area contributed by atoms with Crippen LogP contribution >= 0.6 is 0 Å². The highest BCUT2D eigenvalue weighted by Gasteiger charge is 2.29. The second-order valence-electron chi connectivity index (χ2n) is 3.86. The van der Waals surface area contributed by atoms with Crippen molar-refractivity contribution in [1.29, 1.82) is 0 Å². The van der Waals surface area contributed by atoms with E-state index in [2.05, 4.69) is 0 Å². The van der Waals surface area contributed by atoms with Gasteiger partial charge in [0.15, 0.2) is 0 Å². The molecule has 0 fully saturated rings. The van der Waals surface area contributed by atoms with E-state index in [0.29, 0.717) is 13.2 Å². The number of ether oxygens (including phenoxy) is 1. The molecule has 0 aromatic carbocycles. The fourth-order valence-electron chi connectivity index (χ4n) is 1.57. The summed E-state index contributed by atoms with van der Waals surface area (Å²) in [7, 11) is 1.33. The Morgan fingerprint density at radius 3 is 2.00 bits per heavy atom. The zero-order valence-corrected chi connectivity index (χ0v) is 11.7. The maximum Gasteiger partial charge on any atom is 0.281 e. The van der Waals surface area contributed by atoms with Crippen molar-refractivity contribution in [3.63, 3.8) is 0 Å². The summed E-state index contributed by atoms with van der Waals surface area (Å²) in [5, 5.41) is 0. The molecular formula is C10H24N2O3S. The Labute approximate surface area is 99.6 Å². The van der Waals surface area contributed by atoms with Crippen LogP contribution in [0.15, 0.2) is 0 Å². The first-order valence-corrected chi connectivity index (χ1v) is 6.99. The Morgan fingerprint density at radius 1 is 1.19 bits per heavy atom. The van der Waals surface area contributed by atoms with E-state index >= 15 is 0 Å². The molecule has 5 nitrogen and oxygen atoms in total. The quantitative estimate of drug-likeness (QED) is 0.646. The Kier molecular flexibility index (Phi) is 7.14. The summed E-state index contributed by atoms with van der Waals surface area (Å²) in [5.41, 5.74) is 0. The van der Waals surface area contributed by atoms with Gasteiger partial charge in [-0.25, -0.2) is 0 Å². The van der Waals surface area contributed by atoms with Gasteiger partial charge in [0.05, 0.1) is 6.61 Å². The van der Waals surface area contributed by atoms with Crippen LogP contribution in [0.1, 0.15) is 26.7 Å². The van der Waals surface area contributed by atoms with Gasteiger partial charge in [0.25, 0.3) is 10.2 Å². The van der Waals surface area contributed by atoms with Gasteiger partial charge >= 0.3 is 0 Å². The predicted octanol–water partition coefficient (Wildman–Crippen LogP) is 0.930. The smallest absolute Gasteiger partial charge is 0.281 e. The van der Waals surface area contributed by atoms with Gasteiger partial charge < -0.3 is 4.74 Å². The van der Waals surface area contributed by atoms with Crippen molar-refractivity contribution >= 4 is 10.2 Å². The molecule has 16 heavy (non-hydrogen) atoms. The lowest BCUT2D eigenvalue weighted by Gasteiger charge is -2.31. The summed E-state index contributed by atoms with van der Waals surface area (Å²) >= 11 is 0.